The summed E-state index contributed by atoms with van der Waals surface area (Å²) in [7, 11) is 1.59. The molecule has 19 heavy (non-hydrogen) atoms. The summed E-state index contributed by atoms with van der Waals surface area (Å²) >= 11 is 5.43. The summed E-state index contributed by atoms with van der Waals surface area (Å²) in [5.41, 5.74) is 0.799. The second-order valence-corrected chi connectivity index (χ2v) is 4.57. The third-order valence-electron chi connectivity index (χ3n) is 3.00. The molecule has 1 heterocycles. The second kappa shape index (κ2) is 5.93. The van der Waals surface area contributed by atoms with Gasteiger partial charge in [0.05, 0.1) is 13.2 Å². The van der Waals surface area contributed by atoms with Crippen LogP contribution in [0.3, 0.4) is 0 Å². The zero-order valence-corrected chi connectivity index (χ0v) is 11.3. The van der Waals surface area contributed by atoms with E-state index >= 15 is 0 Å². The van der Waals surface area contributed by atoms with Crippen molar-refractivity contribution >= 4 is 29.1 Å². The minimum Gasteiger partial charge on any atom is -0.497 e. The van der Waals surface area contributed by atoms with Gasteiger partial charge in [0, 0.05) is 18.7 Å². The molecule has 1 aliphatic heterocycles. The summed E-state index contributed by atoms with van der Waals surface area (Å²) in [6, 6.07) is 7.06. The van der Waals surface area contributed by atoms with Gasteiger partial charge < -0.3 is 15.0 Å². The molecule has 1 atom stereocenters. The number of benzene rings is 1. The van der Waals surface area contributed by atoms with Crippen molar-refractivity contribution in [3.05, 3.63) is 24.3 Å². The highest BCUT2D eigenvalue weighted by atomic mass is 35.5. The van der Waals surface area contributed by atoms with Gasteiger partial charge in [0.25, 0.3) is 0 Å². The van der Waals surface area contributed by atoms with Gasteiger partial charge in [-0.2, -0.15) is 0 Å². The van der Waals surface area contributed by atoms with Crippen molar-refractivity contribution < 1.29 is 14.3 Å². The first-order chi connectivity index (χ1) is 9.13. The zero-order valence-electron chi connectivity index (χ0n) is 10.6. The number of rotatable bonds is 4. The van der Waals surface area contributed by atoms with Crippen LogP contribution >= 0.6 is 11.6 Å². The van der Waals surface area contributed by atoms with E-state index in [1.54, 1.807) is 24.1 Å². The highest BCUT2D eigenvalue weighted by molar-refractivity contribution is 6.27. The minimum absolute atomic E-state index is 0.00922. The molecule has 0 aromatic heterocycles. The molecule has 0 bridgehead atoms. The monoisotopic (exact) mass is 282 g/mol. The fourth-order valence-electron chi connectivity index (χ4n) is 2.08. The first-order valence-corrected chi connectivity index (χ1v) is 6.47. The summed E-state index contributed by atoms with van der Waals surface area (Å²) < 4.78 is 5.07. The molecule has 6 heteroatoms. The highest BCUT2D eigenvalue weighted by Gasteiger charge is 2.31. The molecule has 1 fully saturated rings. The van der Waals surface area contributed by atoms with E-state index in [0.717, 1.165) is 11.4 Å². The first kappa shape index (κ1) is 13.7. The number of hydrogen-bond acceptors (Lipinski definition) is 3. The topological polar surface area (TPSA) is 58.6 Å². The number of ether oxygens (including phenoxy) is 1. The van der Waals surface area contributed by atoms with E-state index in [1.165, 1.54) is 0 Å². The molecular weight excluding hydrogens is 268 g/mol. The normalized spacial score (nSPS) is 18.5. The van der Waals surface area contributed by atoms with E-state index in [2.05, 4.69) is 5.32 Å². The molecule has 2 rings (SSSR count). The number of nitrogens with zero attached hydrogens (tertiary/aromatic N) is 1. The molecule has 0 aliphatic carbocycles. The van der Waals surface area contributed by atoms with Gasteiger partial charge in [-0.25, -0.2) is 0 Å². The van der Waals surface area contributed by atoms with Crippen LogP contribution in [0.5, 0.6) is 5.75 Å². The third kappa shape index (κ3) is 3.17. The molecule has 1 aromatic carbocycles. The van der Waals surface area contributed by atoms with Crippen molar-refractivity contribution in [3.63, 3.8) is 0 Å². The molecule has 5 nitrogen and oxygen atoms in total. The molecular formula is C13H15ClN2O3. The number of carbonyl (C=O) groups excluding carboxylic acids is 2. The number of carbonyl (C=O) groups is 2. The van der Waals surface area contributed by atoms with Crippen LogP contribution in [0.2, 0.25) is 0 Å². The maximum absolute atomic E-state index is 11.9. The Morgan fingerprint density at radius 2 is 2.16 bits per heavy atom. The second-order valence-electron chi connectivity index (χ2n) is 4.30. The van der Waals surface area contributed by atoms with Crippen molar-refractivity contribution in [1.82, 2.24) is 5.32 Å². The van der Waals surface area contributed by atoms with Crippen molar-refractivity contribution in [3.8, 4) is 5.75 Å². The minimum atomic E-state index is -0.254. The molecule has 0 radical (unpaired) electrons. The lowest BCUT2D eigenvalue weighted by molar-refractivity contribution is -0.119. The average Bonchev–Trinajstić information content (AvgIpc) is 2.79. The molecule has 1 N–H and O–H groups in total. The number of methoxy groups -OCH3 is 1. The van der Waals surface area contributed by atoms with E-state index in [1.807, 2.05) is 12.1 Å². The predicted molar refractivity (Wildman–Crippen MR) is 72.6 cm³/mol. The first-order valence-electron chi connectivity index (χ1n) is 5.93. The van der Waals surface area contributed by atoms with E-state index in [-0.39, 0.29) is 23.7 Å². The van der Waals surface area contributed by atoms with Crippen molar-refractivity contribution in [1.29, 1.82) is 0 Å². The van der Waals surface area contributed by atoms with E-state index in [9.17, 15) is 9.59 Å². The fraction of sp³-hybridized carbons (Fsp3) is 0.385. The van der Waals surface area contributed by atoms with Crippen LogP contribution in [0.15, 0.2) is 24.3 Å². The molecule has 1 aliphatic rings. The van der Waals surface area contributed by atoms with Crippen LogP contribution in [-0.4, -0.2) is 37.4 Å². The van der Waals surface area contributed by atoms with E-state index in [0.29, 0.717) is 13.0 Å². The van der Waals surface area contributed by atoms with Crippen molar-refractivity contribution in [2.24, 2.45) is 0 Å². The summed E-state index contributed by atoms with van der Waals surface area (Å²) in [4.78, 5) is 24.8. The van der Waals surface area contributed by atoms with E-state index < -0.39 is 0 Å². The lowest BCUT2D eigenvalue weighted by atomic mass is 10.2. The quantitative estimate of drug-likeness (QED) is 0.843. The molecule has 102 valence electrons. The smallest absolute Gasteiger partial charge is 0.235 e. The Morgan fingerprint density at radius 1 is 1.47 bits per heavy atom. The molecule has 0 saturated carbocycles. The van der Waals surface area contributed by atoms with Gasteiger partial charge in [-0.1, -0.05) is 0 Å². The van der Waals surface area contributed by atoms with Crippen LogP contribution in [0.25, 0.3) is 0 Å². The van der Waals surface area contributed by atoms with Crippen LogP contribution in [0, 0.1) is 0 Å². The lowest BCUT2D eigenvalue weighted by Gasteiger charge is -2.17. The maximum Gasteiger partial charge on any atom is 0.235 e. The number of anilines is 1. The zero-order chi connectivity index (χ0) is 13.8. The summed E-state index contributed by atoms with van der Waals surface area (Å²) in [5, 5.41) is 2.72. The Morgan fingerprint density at radius 3 is 2.74 bits per heavy atom. The molecule has 1 aromatic rings. The third-order valence-corrected chi connectivity index (χ3v) is 3.24. The highest BCUT2D eigenvalue weighted by Crippen LogP contribution is 2.24. The lowest BCUT2D eigenvalue weighted by Crippen LogP contribution is -2.37. The number of amides is 2. The van der Waals surface area contributed by atoms with Gasteiger partial charge in [-0.3, -0.25) is 9.59 Å². The summed E-state index contributed by atoms with van der Waals surface area (Å²) in [5.74, 6) is 0.385. The standard InChI is InChI=1S/C13H15ClN2O3/c1-19-11-4-2-10(3-5-11)16-8-9(6-13(16)18)15-12(17)7-14/h2-5,9H,6-8H2,1H3,(H,15,17)/t9-/m0/s1. The Kier molecular flexibility index (Phi) is 4.27. The Balaban J connectivity index is 2.04. The molecule has 1 saturated heterocycles. The van der Waals surface area contributed by atoms with Gasteiger partial charge >= 0.3 is 0 Å². The fourth-order valence-corrected chi connectivity index (χ4v) is 2.16. The maximum atomic E-state index is 11.9. The molecule has 0 spiro atoms. The SMILES string of the molecule is COc1ccc(N2C[C@@H](NC(=O)CCl)CC2=O)cc1. The Hall–Kier alpha value is -1.75. The summed E-state index contributed by atoms with van der Waals surface area (Å²) in [6.45, 7) is 0.466. The predicted octanol–water partition coefficient (Wildman–Crippen LogP) is 1.16. The van der Waals surface area contributed by atoms with Crippen LogP contribution in [0.4, 0.5) is 5.69 Å². The largest absolute Gasteiger partial charge is 0.497 e. The van der Waals surface area contributed by atoms with Gasteiger partial charge in [0.1, 0.15) is 11.6 Å². The number of hydrogen-bond donors (Lipinski definition) is 1. The number of halogens is 1. The number of alkyl halides is 1. The van der Waals surface area contributed by atoms with Crippen molar-refractivity contribution in [2.45, 2.75) is 12.5 Å². The van der Waals surface area contributed by atoms with Gasteiger partial charge in [0.15, 0.2) is 0 Å². The van der Waals surface area contributed by atoms with Gasteiger partial charge in [-0.15, -0.1) is 11.6 Å². The number of nitrogens with one attached hydrogen (secondary N) is 1. The van der Waals surface area contributed by atoms with Crippen molar-refractivity contribution in [2.75, 3.05) is 24.4 Å². The van der Waals surface area contributed by atoms with Crippen LogP contribution < -0.4 is 15.0 Å². The molecule has 2 amide bonds. The summed E-state index contributed by atoms with van der Waals surface area (Å²) in [6.07, 6.45) is 0.300. The Bertz CT molecular complexity index is 475. The van der Waals surface area contributed by atoms with Crippen LogP contribution in [0.1, 0.15) is 6.42 Å². The van der Waals surface area contributed by atoms with Crippen LogP contribution in [-0.2, 0) is 9.59 Å². The van der Waals surface area contributed by atoms with E-state index in [4.69, 9.17) is 16.3 Å². The van der Waals surface area contributed by atoms with Gasteiger partial charge in [-0.05, 0) is 24.3 Å². The molecule has 0 unspecified atom stereocenters. The van der Waals surface area contributed by atoms with Gasteiger partial charge in [0.2, 0.25) is 11.8 Å². The average molecular weight is 283 g/mol. The Labute approximate surface area is 116 Å².